The highest BCUT2D eigenvalue weighted by molar-refractivity contribution is 6.11. The third-order valence-electron chi connectivity index (χ3n) is 3.73. The number of rotatable bonds is 3. The predicted molar refractivity (Wildman–Crippen MR) is 88.5 cm³/mol. The molecule has 0 aliphatic carbocycles. The van der Waals surface area contributed by atoms with E-state index in [0.29, 0.717) is 5.76 Å². The third-order valence-corrected chi connectivity index (χ3v) is 3.73. The van der Waals surface area contributed by atoms with Gasteiger partial charge in [-0.2, -0.15) is 13.2 Å². The normalized spacial score (nSPS) is 15.9. The summed E-state index contributed by atoms with van der Waals surface area (Å²) in [6.07, 6.45) is -1.69. The highest BCUT2D eigenvalue weighted by Crippen LogP contribution is 2.33. The Morgan fingerprint density at radius 1 is 1.00 bits per heavy atom. The lowest BCUT2D eigenvalue weighted by molar-refractivity contribution is -0.137. The first-order chi connectivity index (χ1) is 12.9. The van der Waals surface area contributed by atoms with Gasteiger partial charge < -0.3 is 13.6 Å². The summed E-state index contributed by atoms with van der Waals surface area (Å²) in [6.45, 7) is 0. The Labute approximate surface area is 150 Å². The quantitative estimate of drug-likeness (QED) is 0.484. The zero-order valence-corrected chi connectivity index (χ0v) is 13.5. The fraction of sp³-hybridized carbons (Fsp3) is 0.0526. The van der Waals surface area contributed by atoms with E-state index in [4.69, 9.17) is 13.6 Å². The monoisotopic (exact) mass is 373 g/mol. The summed E-state index contributed by atoms with van der Waals surface area (Å²) in [5.41, 5.74) is -0.516. The summed E-state index contributed by atoms with van der Waals surface area (Å²) < 4.78 is 54.2. The van der Waals surface area contributed by atoms with Crippen molar-refractivity contribution in [1.29, 1.82) is 0 Å². The van der Waals surface area contributed by atoms with Crippen molar-refractivity contribution in [3.8, 4) is 11.3 Å². The zero-order chi connectivity index (χ0) is 19.0. The number of carbonyl (C=O) groups excluding carboxylic acids is 1. The second-order valence-corrected chi connectivity index (χ2v) is 5.59. The van der Waals surface area contributed by atoms with Crippen LogP contribution in [0.2, 0.25) is 0 Å². The molecule has 0 fully saturated rings. The number of halogens is 3. The van der Waals surface area contributed by atoms with Gasteiger partial charge in [-0.25, -0.2) is 9.79 Å². The van der Waals surface area contributed by atoms with Crippen LogP contribution in [0.3, 0.4) is 0 Å². The van der Waals surface area contributed by atoms with Crippen LogP contribution in [0.4, 0.5) is 13.2 Å². The fourth-order valence-corrected chi connectivity index (χ4v) is 2.48. The van der Waals surface area contributed by atoms with Crippen LogP contribution in [0, 0.1) is 0 Å². The maximum atomic E-state index is 12.8. The van der Waals surface area contributed by atoms with Crippen LogP contribution in [0.1, 0.15) is 17.1 Å². The Hall–Kier alpha value is -3.55. The third kappa shape index (κ3) is 3.41. The van der Waals surface area contributed by atoms with Gasteiger partial charge in [-0.05, 0) is 36.4 Å². The standard InChI is InChI=1S/C19H10F3NO4/c20-19(21,22)12-4-1-3-11(9-12)15-7-6-13(26-15)10-14-18(24)27-17(23-14)16-5-2-8-25-16/h1-10H/b14-10-. The van der Waals surface area contributed by atoms with E-state index in [0.717, 1.165) is 12.1 Å². The molecule has 1 aromatic carbocycles. The number of alkyl halides is 3. The predicted octanol–water partition coefficient (Wildman–Crippen LogP) is 4.90. The second-order valence-electron chi connectivity index (χ2n) is 5.59. The number of ether oxygens (including phenoxy) is 1. The number of hydrogen-bond donors (Lipinski definition) is 0. The van der Waals surface area contributed by atoms with Crippen LogP contribution in [0.5, 0.6) is 0 Å². The molecule has 2 aromatic heterocycles. The summed E-state index contributed by atoms with van der Waals surface area (Å²) in [4.78, 5) is 15.9. The van der Waals surface area contributed by atoms with Crippen molar-refractivity contribution in [2.45, 2.75) is 6.18 Å². The smallest absolute Gasteiger partial charge is 0.416 e. The maximum Gasteiger partial charge on any atom is 0.416 e. The number of benzene rings is 1. The first-order valence-corrected chi connectivity index (χ1v) is 7.74. The number of furan rings is 2. The molecule has 1 aliphatic rings. The molecule has 0 N–H and O–H groups in total. The molecule has 0 bridgehead atoms. The molecule has 0 saturated heterocycles. The minimum absolute atomic E-state index is 0.00802. The van der Waals surface area contributed by atoms with E-state index in [-0.39, 0.29) is 28.7 Å². The van der Waals surface area contributed by atoms with E-state index in [1.807, 2.05) is 0 Å². The van der Waals surface area contributed by atoms with E-state index in [9.17, 15) is 18.0 Å². The first kappa shape index (κ1) is 16.9. The van der Waals surface area contributed by atoms with Crippen LogP contribution < -0.4 is 0 Å². The first-order valence-electron chi connectivity index (χ1n) is 7.74. The number of cyclic esters (lactones) is 1. The summed E-state index contributed by atoms with van der Waals surface area (Å²) in [5.74, 6) is 0.128. The van der Waals surface area contributed by atoms with E-state index in [2.05, 4.69) is 4.99 Å². The molecule has 0 amide bonds. The average Bonchev–Trinajstić information content (AvgIpc) is 3.37. The van der Waals surface area contributed by atoms with Crippen molar-refractivity contribution in [3.63, 3.8) is 0 Å². The van der Waals surface area contributed by atoms with Gasteiger partial charge in [0, 0.05) is 11.6 Å². The van der Waals surface area contributed by atoms with Crippen LogP contribution in [-0.4, -0.2) is 11.9 Å². The molecule has 5 nitrogen and oxygen atoms in total. The number of esters is 1. The van der Waals surface area contributed by atoms with Crippen LogP contribution in [0.15, 0.2) is 74.3 Å². The highest BCUT2D eigenvalue weighted by atomic mass is 19.4. The number of aliphatic imine (C=N–C) groups is 1. The number of hydrogen-bond acceptors (Lipinski definition) is 5. The molecule has 0 radical (unpaired) electrons. The van der Waals surface area contributed by atoms with Gasteiger partial charge in [0.2, 0.25) is 0 Å². The molecule has 0 unspecified atom stereocenters. The Morgan fingerprint density at radius 2 is 1.85 bits per heavy atom. The van der Waals surface area contributed by atoms with Crippen molar-refractivity contribution < 1.29 is 31.5 Å². The van der Waals surface area contributed by atoms with Gasteiger partial charge in [0.15, 0.2) is 11.5 Å². The molecule has 0 spiro atoms. The van der Waals surface area contributed by atoms with E-state index >= 15 is 0 Å². The summed E-state index contributed by atoms with van der Waals surface area (Å²) in [7, 11) is 0. The minimum Gasteiger partial charge on any atom is -0.459 e. The summed E-state index contributed by atoms with van der Waals surface area (Å²) in [6, 6.07) is 11.0. The van der Waals surface area contributed by atoms with Gasteiger partial charge in [-0.15, -0.1) is 0 Å². The van der Waals surface area contributed by atoms with E-state index in [1.54, 1.807) is 12.1 Å². The van der Waals surface area contributed by atoms with Crippen LogP contribution in [0.25, 0.3) is 17.4 Å². The molecule has 4 rings (SSSR count). The van der Waals surface area contributed by atoms with Crippen molar-refractivity contribution >= 4 is 17.9 Å². The van der Waals surface area contributed by atoms with E-state index < -0.39 is 17.7 Å². The molecular formula is C19H10F3NO4. The van der Waals surface area contributed by atoms with Crippen LogP contribution >= 0.6 is 0 Å². The van der Waals surface area contributed by atoms with Gasteiger partial charge >= 0.3 is 12.1 Å². The van der Waals surface area contributed by atoms with Crippen molar-refractivity contribution in [2.24, 2.45) is 4.99 Å². The Kier molecular flexibility index (Phi) is 3.95. The summed E-state index contributed by atoms with van der Waals surface area (Å²) >= 11 is 0. The van der Waals surface area contributed by atoms with E-state index in [1.165, 1.54) is 36.6 Å². The number of nitrogens with zero attached hydrogens (tertiary/aromatic N) is 1. The second kappa shape index (κ2) is 6.31. The van der Waals surface area contributed by atoms with Gasteiger partial charge in [-0.1, -0.05) is 12.1 Å². The van der Waals surface area contributed by atoms with Crippen molar-refractivity contribution in [2.75, 3.05) is 0 Å². The largest absolute Gasteiger partial charge is 0.459 e. The Morgan fingerprint density at radius 3 is 2.59 bits per heavy atom. The zero-order valence-electron chi connectivity index (χ0n) is 13.5. The Bertz CT molecular complexity index is 1060. The molecular weight excluding hydrogens is 363 g/mol. The molecule has 27 heavy (non-hydrogen) atoms. The molecule has 3 aromatic rings. The molecule has 8 heteroatoms. The van der Waals surface area contributed by atoms with Crippen molar-refractivity contribution in [3.05, 3.63) is 77.6 Å². The minimum atomic E-state index is -4.45. The lowest BCUT2D eigenvalue weighted by atomic mass is 10.1. The fourth-order valence-electron chi connectivity index (χ4n) is 2.48. The molecule has 1 aliphatic heterocycles. The lowest BCUT2D eigenvalue weighted by Gasteiger charge is -2.07. The molecule has 136 valence electrons. The topological polar surface area (TPSA) is 64.9 Å². The maximum absolute atomic E-state index is 12.8. The summed E-state index contributed by atoms with van der Waals surface area (Å²) in [5, 5.41) is 0. The molecule has 0 saturated carbocycles. The number of carbonyl (C=O) groups is 1. The van der Waals surface area contributed by atoms with Crippen LogP contribution in [-0.2, 0) is 15.7 Å². The highest BCUT2D eigenvalue weighted by Gasteiger charge is 2.30. The average molecular weight is 373 g/mol. The molecule has 0 atom stereocenters. The van der Waals surface area contributed by atoms with Gasteiger partial charge in [-0.3, -0.25) is 0 Å². The SMILES string of the molecule is O=C1OC(c2ccco2)=N/C1=C\c1ccc(-c2cccc(C(F)(F)F)c2)o1. The van der Waals surface area contributed by atoms with Gasteiger partial charge in [0.25, 0.3) is 5.90 Å². The molecule has 3 heterocycles. The van der Waals surface area contributed by atoms with Gasteiger partial charge in [0.1, 0.15) is 11.5 Å². The van der Waals surface area contributed by atoms with Crippen molar-refractivity contribution in [1.82, 2.24) is 0 Å². The Balaban J connectivity index is 1.62. The lowest BCUT2D eigenvalue weighted by Crippen LogP contribution is -2.04. The van der Waals surface area contributed by atoms with Gasteiger partial charge in [0.05, 0.1) is 11.8 Å².